The fourth-order valence-corrected chi connectivity index (χ4v) is 5.98. The molecule has 1 fully saturated rings. The molecule has 1 radical (unpaired) electrons. The average Bonchev–Trinajstić information content (AvgIpc) is 2.94. The summed E-state index contributed by atoms with van der Waals surface area (Å²) in [5.41, 5.74) is -4.26. The SMILES string of the molecule is Cc1c(-c2cccc(OC3CN(S(C)(=O)=O)C3)c2F)c(=O)n(C[CH]c2ccccc2)c(=O)n1Cc1c(F)cccc1C(F)(F)F. The minimum atomic E-state index is -4.95. The number of sulfonamides is 1. The van der Waals surface area contributed by atoms with Crippen molar-refractivity contribution < 1.29 is 35.1 Å². The molecule has 0 aliphatic carbocycles. The first-order valence-corrected chi connectivity index (χ1v) is 15.5. The number of halogens is 5. The van der Waals surface area contributed by atoms with Crippen molar-refractivity contribution in [3.8, 4) is 16.9 Å². The van der Waals surface area contributed by atoms with E-state index >= 15 is 4.39 Å². The van der Waals surface area contributed by atoms with Gasteiger partial charge in [0, 0.05) is 29.8 Å². The predicted molar refractivity (Wildman–Crippen MR) is 156 cm³/mol. The molecule has 45 heavy (non-hydrogen) atoms. The molecule has 5 rings (SSSR count). The number of benzene rings is 3. The van der Waals surface area contributed by atoms with Crippen LogP contribution < -0.4 is 16.0 Å². The lowest BCUT2D eigenvalue weighted by molar-refractivity contribution is -0.138. The molecule has 0 saturated carbocycles. The van der Waals surface area contributed by atoms with Crippen LogP contribution in [0.15, 0.2) is 76.3 Å². The second-order valence-electron chi connectivity index (χ2n) is 10.6. The summed E-state index contributed by atoms with van der Waals surface area (Å²) in [6.45, 7) is 0.0172. The number of nitrogens with zero attached hydrogens (tertiary/aromatic N) is 3. The van der Waals surface area contributed by atoms with Gasteiger partial charge in [-0.05, 0) is 30.7 Å². The fraction of sp³-hybridized carbons (Fsp3) is 0.258. The number of aromatic nitrogens is 2. The molecule has 1 aromatic heterocycles. The molecule has 4 aromatic rings. The van der Waals surface area contributed by atoms with Gasteiger partial charge in [0.25, 0.3) is 5.56 Å². The smallest absolute Gasteiger partial charge is 0.416 e. The zero-order chi connectivity index (χ0) is 32.7. The van der Waals surface area contributed by atoms with E-state index in [0.717, 1.165) is 31.8 Å². The summed E-state index contributed by atoms with van der Waals surface area (Å²) in [5.74, 6) is -2.50. The van der Waals surface area contributed by atoms with Gasteiger partial charge in [0.1, 0.15) is 11.9 Å². The number of rotatable bonds is 9. The lowest BCUT2D eigenvalue weighted by Crippen LogP contribution is -2.55. The Kier molecular flexibility index (Phi) is 8.73. The van der Waals surface area contributed by atoms with Gasteiger partial charge in [-0.15, -0.1) is 0 Å². The van der Waals surface area contributed by atoms with E-state index in [4.69, 9.17) is 4.74 Å². The lowest BCUT2D eigenvalue weighted by atomic mass is 10.0. The Morgan fingerprint density at radius 1 is 0.933 bits per heavy atom. The molecule has 1 aliphatic heterocycles. The third kappa shape index (κ3) is 6.57. The van der Waals surface area contributed by atoms with Crippen molar-refractivity contribution in [2.75, 3.05) is 19.3 Å². The van der Waals surface area contributed by atoms with E-state index in [-0.39, 0.29) is 42.2 Å². The van der Waals surface area contributed by atoms with Crippen LogP contribution in [0.2, 0.25) is 0 Å². The molecule has 1 saturated heterocycles. The number of hydrogen-bond acceptors (Lipinski definition) is 5. The summed E-state index contributed by atoms with van der Waals surface area (Å²) in [4.78, 5) is 27.5. The van der Waals surface area contributed by atoms with E-state index in [2.05, 4.69) is 0 Å². The minimum absolute atomic E-state index is 0.0152. The first-order chi connectivity index (χ1) is 21.2. The zero-order valence-electron chi connectivity index (χ0n) is 24.0. The van der Waals surface area contributed by atoms with Crippen LogP contribution in [-0.4, -0.2) is 47.3 Å². The van der Waals surface area contributed by atoms with Gasteiger partial charge in [0.2, 0.25) is 10.0 Å². The second-order valence-corrected chi connectivity index (χ2v) is 12.5. The van der Waals surface area contributed by atoms with Crippen molar-refractivity contribution in [1.82, 2.24) is 13.4 Å². The van der Waals surface area contributed by atoms with E-state index in [9.17, 15) is 35.6 Å². The van der Waals surface area contributed by atoms with E-state index < -0.39 is 62.9 Å². The molecular formula is C31H27F5N3O5S. The van der Waals surface area contributed by atoms with Crippen LogP contribution in [-0.2, 0) is 29.3 Å². The summed E-state index contributed by atoms with van der Waals surface area (Å²) in [6.07, 6.45) is -3.05. The van der Waals surface area contributed by atoms with E-state index in [1.807, 2.05) is 0 Å². The van der Waals surface area contributed by atoms with Crippen LogP contribution in [0.3, 0.4) is 0 Å². The Balaban J connectivity index is 1.63. The Bertz CT molecular complexity index is 1970. The van der Waals surface area contributed by atoms with Crippen LogP contribution in [0.25, 0.3) is 11.1 Å². The fourth-order valence-electron chi connectivity index (χ4n) is 5.11. The number of ether oxygens (including phenoxy) is 1. The molecule has 1 aliphatic rings. The summed E-state index contributed by atoms with van der Waals surface area (Å²) in [5, 5.41) is 0. The third-order valence-corrected chi connectivity index (χ3v) is 8.78. The van der Waals surface area contributed by atoms with Crippen molar-refractivity contribution in [1.29, 1.82) is 0 Å². The number of alkyl halides is 3. The Hall–Kier alpha value is -4.30. The molecule has 0 amide bonds. The molecule has 237 valence electrons. The molecule has 0 unspecified atom stereocenters. The maximum atomic E-state index is 16.0. The standard InChI is InChI=1S/C31H27F5N3O5S/c1-19-27(22-10-6-13-26(28(22)33)44-21-16-37(17-21)45(2,42)43)29(40)38(15-14-20-8-4-3-5-9-20)30(41)39(19)18-23-24(31(34,35)36)11-7-12-25(23)32/h3-14,21H,15-18H2,1-2H3. The highest BCUT2D eigenvalue weighted by atomic mass is 32.2. The third-order valence-electron chi connectivity index (χ3n) is 7.55. The highest BCUT2D eigenvalue weighted by Gasteiger charge is 2.36. The zero-order valence-corrected chi connectivity index (χ0v) is 24.8. The van der Waals surface area contributed by atoms with Crippen LogP contribution in [0.4, 0.5) is 22.0 Å². The molecule has 0 atom stereocenters. The van der Waals surface area contributed by atoms with Gasteiger partial charge in [-0.25, -0.2) is 22.0 Å². The lowest BCUT2D eigenvalue weighted by Gasteiger charge is -2.37. The van der Waals surface area contributed by atoms with Gasteiger partial charge in [0.05, 0.1) is 37.0 Å². The van der Waals surface area contributed by atoms with Crippen molar-refractivity contribution in [3.63, 3.8) is 0 Å². The highest BCUT2D eigenvalue weighted by molar-refractivity contribution is 7.88. The van der Waals surface area contributed by atoms with Crippen LogP contribution >= 0.6 is 0 Å². The molecule has 0 N–H and O–H groups in total. The van der Waals surface area contributed by atoms with Gasteiger partial charge >= 0.3 is 11.9 Å². The van der Waals surface area contributed by atoms with Gasteiger partial charge in [-0.3, -0.25) is 13.9 Å². The first kappa shape index (κ1) is 32.1. The molecule has 8 nitrogen and oxygen atoms in total. The summed E-state index contributed by atoms with van der Waals surface area (Å²) < 4.78 is 104. The monoisotopic (exact) mass is 648 g/mol. The molecular weight excluding hydrogens is 621 g/mol. The van der Waals surface area contributed by atoms with Crippen molar-refractivity contribution in [3.05, 3.63) is 128 Å². The Labute approximate surface area is 255 Å². The molecule has 2 heterocycles. The van der Waals surface area contributed by atoms with Gasteiger partial charge in [-0.2, -0.15) is 17.5 Å². The number of hydrogen-bond donors (Lipinski definition) is 0. The first-order valence-electron chi connectivity index (χ1n) is 13.6. The molecule has 0 bridgehead atoms. The van der Waals surface area contributed by atoms with Gasteiger partial charge in [0.15, 0.2) is 11.6 Å². The van der Waals surface area contributed by atoms with Crippen LogP contribution in [0.5, 0.6) is 5.75 Å². The normalized spacial score (nSPS) is 14.4. The highest BCUT2D eigenvalue weighted by Crippen LogP contribution is 2.34. The molecule has 3 aromatic carbocycles. The minimum Gasteiger partial charge on any atom is -0.485 e. The molecule has 14 heteroatoms. The average molecular weight is 649 g/mol. The summed E-state index contributed by atoms with van der Waals surface area (Å²) in [6, 6.07) is 15.0. The summed E-state index contributed by atoms with van der Waals surface area (Å²) in [7, 11) is -3.46. The Morgan fingerprint density at radius 3 is 2.24 bits per heavy atom. The topological polar surface area (TPSA) is 90.6 Å². The van der Waals surface area contributed by atoms with Crippen molar-refractivity contribution >= 4 is 10.0 Å². The second kappa shape index (κ2) is 12.2. The van der Waals surface area contributed by atoms with Gasteiger partial charge in [-0.1, -0.05) is 48.5 Å². The predicted octanol–water partition coefficient (Wildman–Crippen LogP) is 4.61. The van der Waals surface area contributed by atoms with Crippen molar-refractivity contribution in [2.45, 2.75) is 32.3 Å². The van der Waals surface area contributed by atoms with Crippen LogP contribution in [0.1, 0.15) is 22.4 Å². The largest absolute Gasteiger partial charge is 0.485 e. The Morgan fingerprint density at radius 2 is 1.60 bits per heavy atom. The quantitative estimate of drug-likeness (QED) is 0.248. The van der Waals surface area contributed by atoms with E-state index in [1.54, 1.807) is 30.3 Å². The summed E-state index contributed by atoms with van der Waals surface area (Å²) >= 11 is 0. The van der Waals surface area contributed by atoms with Crippen LogP contribution in [0, 0.1) is 25.0 Å². The maximum absolute atomic E-state index is 16.0. The maximum Gasteiger partial charge on any atom is 0.416 e. The van der Waals surface area contributed by atoms with Crippen molar-refractivity contribution in [2.24, 2.45) is 0 Å². The molecule has 0 spiro atoms. The van der Waals surface area contributed by atoms with Gasteiger partial charge < -0.3 is 4.74 Å². The van der Waals surface area contributed by atoms with E-state index in [1.165, 1.54) is 31.5 Å². The van der Waals surface area contributed by atoms with E-state index in [0.29, 0.717) is 11.6 Å².